The van der Waals surface area contributed by atoms with Crippen LogP contribution in [0, 0.1) is 6.92 Å². The number of halogens is 1. The lowest BCUT2D eigenvalue weighted by atomic mass is 10.1. The summed E-state index contributed by atoms with van der Waals surface area (Å²) in [5.41, 5.74) is 1.08. The van der Waals surface area contributed by atoms with Gasteiger partial charge in [-0.3, -0.25) is 0 Å². The van der Waals surface area contributed by atoms with Crippen molar-refractivity contribution in [2.75, 3.05) is 0 Å². The number of rotatable bonds is 3. The Balaban J connectivity index is 2.33. The third-order valence-electron chi connectivity index (χ3n) is 2.38. The topological polar surface area (TPSA) is 50.2 Å². The highest BCUT2D eigenvalue weighted by atomic mass is 79.9. The van der Waals surface area contributed by atoms with Crippen LogP contribution in [-0.4, -0.2) is 16.1 Å². The van der Waals surface area contributed by atoms with E-state index in [1.165, 1.54) is 11.8 Å². The number of hydrogen-bond donors (Lipinski definition) is 1. The van der Waals surface area contributed by atoms with Crippen LogP contribution in [0.15, 0.2) is 50.9 Å². The third-order valence-corrected chi connectivity index (χ3v) is 4.29. The predicted octanol–water partition coefficient (Wildman–Crippen LogP) is 4.00. The predicted molar refractivity (Wildman–Crippen MR) is 74.2 cm³/mol. The number of benzene rings is 1. The van der Waals surface area contributed by atoms with Crippen LogP contribution in [0.1, 0.15) is 15.9 Å². The molecule has 0 bridgehead atoms. The van der Waals surface area contributed by atoms with Crippen molar-refractivity contribution in [3.05, 3.63) is 52.1 Å². The summed E-state index contributed by atoms with van der Waals surface area (Å²) in [6.45, 7) is 1.79. The van der Waals surface area contributed by atoms with Crippen molar-refractivity contribution in [1.82, 2.24) is 4.98 Å². The van der Waals surface area contributed by atoms with Crippen molar-refractivity contribution in [1.29, 1.82) is 0 Å². The van der Waals surface area contributed by atoms with Gasteiger partial charge in [0.15, 0.2) is 0 Å². The van der Waals surface area contributed by atoms with E-state index in [1.807, 2.05) is 24.3 Å². The third kappa shape index (κ3) is 2.91. The summed E-state index contributed by atoms with van der Waals surface area (Å²) >= 11 is 4.85. The smallest absolute Gasteiger partial charge is 0.335 e. The number of aromatic nitrogens is 1. The number of carboxylic acids is 1. The molecule has 92 valence electrons. The molecule has 3 nitrogen and oxygen atoms in total. The Bertz CT molecular complexity index is 601. The van der Waals surface area contributed by atoms with E-state index in [0.29, 0.717) is 5.56 Å². The number of nitrogens with zero attached hydrogens (tertiary/aromatic N) is 1. The molecule has 5 heteroatoms. The molecule has 1 N–H and O–H groups in total. The monoisotopic (exact) mass is 323 g/mol. The van der Waals surface area contributed by atoms with E-state index in [1.54, 1.807) is 19.2 Å². The first-order valence-electron chi connectivity index (χ1n) is 5.20. The Morgan fingerprint density at radius 2 is 2.17 bits per heavy atom. The first-order valence-corrected chi connectivity index (χ1v) is 6.81. The number of carboxylic acid groups (broad SMARTS) is 1. The van der Waals surface area contributed by atoms with Gasteiger partial charge in [0.1, 0.15) is 5.03 Å². The van der Waals surface area contributed by atoms with E-state index in [4.69, 9.17) is 5.11 Å². The van der Waals surface area contributed by atoms with Crippen LogP contribution in [-0.2, 0) is 0 Å². The van der Waals surface area contributed by atoms with Gasteiger partial charge in [0, 0.05) is 11.1 Å². The molecule has 0 aliphatic rings. The van der Waals surface area contributed by atoms with E-state index in [9.17, 15) is 4.79 Å². The highest BCUT2D eigenvalue weighted by Crippen LogP contribution is 2.32. The normalized spacial score (nSPS) is 10.3. The standard InChI is InChI=1S/C13H10BrNO2S/c1-8-4-5-9(7-10(8)13(16)17)18-12-11(14)3-2-6-15-12/h2-7H,1H3,(H,16,17). The first-order chi connectivity index (χ1) is 8.58. The van der Waals surface area contributed by atoms with Crippen molar-refractivity contribution in [2.24, 2.45) is 0 Å². The van der Waals surface area contributed by atoms with Gasteiger partial charge in [0.25, 0.3) is 0 Å². The second kappa shape index (κ2) is 5.54. The van der Waals surface area contributed by atoms with Gasteiger partial charge in [-0.25, -0.2) is 9.78 Å². The number of aryl methyl sites for hydroxylation is 1. The summed E-state index contributed by atoms with van der Waals surface area (Å²) in [6, 6.07) is 9.12. The summed E-state index contributed by atoms with van der Waals surface area (Å²) in [5, 5.41) is 9.89. The van der Waals surface area contributed by atoms with Crippen LogP contribution in [0.25, 0.3) is 0 Å². The average molecular weight is 324 g/mol. The highest BCUT2D eigenvalue weighted by molar-refractivity contribution is 9.10. The van der Waals surface area contributed by atoms with Gasteiger partial charge < -0.3 is 5.11 Å². The molecule has 2 rings (SSSR count). The van der Waals surface area contributed by atoms with Crippen LogP contribution in [0.4, 0.5) is 0 Å². The van der Waals surface area contributed by atoms with E-state index < -0.39 is 5.97 Å². The lowest BCUT2D eigenvalue weighted by Crippen LogP contribution is -1.99. The zero-order chi connectivity index (χ0) is 13.1. The van der Waals surface area contributed by atoms with Crippen LogP contribution >= 0.6 is 27.7 Å². The van der Waals surface area contributed by atoms with Crippen LogP contribution in [0.3, 0.4) is 0 Å². The largest absolute Gasteiger partial charge is 0.478 e. The minimum Gasteiger partial charge on any atom is -0.478 e. The maximum atomic E-state index is 11.1. The molecule has 0 saturated carbocycles. The molecule has 0 aliphatic heterocycles. The molecule has 0 spiro atoms. The zero-order valence-corrected chi connectivity index (χ0v) is 12.0. The van der Waals surface area contributed by atoms with Crippen LogP contribution < -0.4 is 0 Å². The van der Waals surface area contributed by atoms with Gasteiger partial charge in [0.2, 0.25) is 0 Å². The molecule has 0 saturated heterocycles. The van der Waals surface area contributed by atoms with E-state index in [-0.39, 0.29) is 0 Å². The summed E-state index contributed by atoms with van der Waals surface area (Å²) in [6.07, 6.45) is 1.71. The highest BCUT2D eigenvalue weighted by Gasteiger charge is 2.10. The second-order valence-electron chi connectivity index (χ2n) is 3.67. The van der Waals surface area contributed by atoms with Gasteiger partial charge >= 0.3 is 5.97 Å². The first kappa shape index (κ1) is 13.1. The number of hydrogen-bond acceptors (Lipinski definition) is 3. The lowest BCUT2D eigenvalue weighted by Gasteiger charge is -2.06. The molecule has 0 fully saturated rings. The van der Waals surface area contributed by atoms with Gasteiger partial charge in [-0.1, -0.05) is 17.8 Å². The van der Waals surface area contributed by atoms with Crippen molar-refractivity contribution in [3.8, 4) is 0 Å². The summed E-state index contributed by atoms with van der Waals surface area (Å²) in [4.78, 5) is 16.2. The molecule has 2 aromatic rings. The average Bonchev–Trinajstić information content (AvgIpc) is 2.34. The number of carbonyl (C=O) groups is 1. The molecule has 0 radical (unpaired) electrons. The molecular weight excluding hydrogens is 314 g/mol. The zero-order valence-electron chi connectivity index (χ0n) is 9.55. The summed E-state index contributed by atoms with van der Waals surface area (Å²) in [7, 11) is 0. The molecule has 1 heterocycles. The van der Waals surface area contributed by atoms with Crippen molar-refractivity contribution >= 4 is 33.7 Å². The lowest BCUT2D eigenvalue weighted by molar-refractivity contribution is 0.0696. The molecular formula is C13H10BrNO2S. The molecule has 0 aliphatic carbocycles. The van der Waals surface area contributed by atoms with E-state index in [2.05, 4.69) is 20.9 Å². The van der Waals surface area contributed by atoms with E-state index in [0.717, 1.165) is 20.0 Å². The van der Waals surface area contributed by atoms with E-state index >= 15 is 0 Å². The number of pyridine rings is 1. The van der Waals surface area contributed by atoms with Crippen molar-refractivity contribution < 1.29 is 9.90 Å². The molecule has 0 unspecified atom stereocenters. The maximum Gasteiger partial charge on any atom is 0.335 e. The quantitative estimate of drug-likeness (QED) is 0.927. The molecule has 0 atom stereocenters. The van der Waals surface area contributed by atoms with Crippen molar-refractivity contribution in [2.45, 2.75) is 16.8 Å². The summed E-state index contributed by atoms with van der Waals surface area (Å²) in [5.74, 6) is -0.907. The fourth-order valence-electron chi connectivity index (χ4n) is 1.45. The van der Waals surface area contributed by atoms with Gasteiger partial charge in [-0.2, -0.15) is 0 Å². The maximum absolute atomic E-state index is 11.1. The fraction of sp³-hybridized carbons (Fsp3) is 0.0769. The van der Waals surface area contributed by atoms with Gasteiger partial charge in [0.05, 0.1) is 10.0 Å². The molecule has 18 heavy (non-hydrogen) atoms. The Morgan fingerprint density at radius 1 is 1.39 bits per heavy atom. The van der Waals surface area contributed by atoms with Crippen LogP contribution in [0.5, 0.6) is 0 Å². The molecule has 1 aromatic heterocycles. The Hall–Kier alpha value is -1.33. The molecule has 1 aromatic carbocycles. The Kier molecular flexibility index (Phi) is 4.04. The minimum atomic E-state index is -0.907. The number of aromatic carboxylic acids is 1. The Labute approximate surface area is 117 Å². The second-order valence-corrected chi connectivity index (χ2v) is 5.59. The SMILES string of the molecule is Cc1ccc(Sc2ncccc2Br)cc1C(=O)O. The molecule has 0 amide bonds. The fourth-order valence-corrected chi connectivity index (χ4v) is 2.77. The van der Waals surface area contributed by atoms with Crippen LogP contribution in [0.2, 0.25) is 0 Å². The van der Waals surface area contributed by atoms with Gasteiger partial charge in [-0.05, 0) is 52.7 Å². The summed E-state index contributed by atoms with van der Waals surface area (Å²) < 4.78 is 0.896. The Morgan fingerprint density at radius 3 is 2.83 bits per heavy atom. The van der Waals surface area contributed by atoms with Crippen molar-refractivity contribution in [3.63, 3.8) is 0 Å². The van der Waals surface area contributed by atoms with Gasteiger partial charge in [-0.15, -0.1) is 0 Å². The minimum absolute atomic E-state index is 0.326.